The molecule has 4 heterocycles. The van der Waals surface area contributed by atoms with Crippen LogP contribution in [0.2, 0.25) is 0 Å². The van der Waals surface area contributed by atoms with Gasteiger partial charge in [-0.25, -0.2) is 9.97 Å². The van der Waals surface area contributed by atoms with Gasteiger partial charge in [-0.1, -0.05) is 0 Å². The van der Waals surface area contributed by atoms with Crippen molar-refractivity contribution < 1.29 is 4.79 Å². The summed E-state index contributed by atoms with van der Waals surface area (Å²) in [6.45, 7) is 4.17. The van der Waals surface area contributed by atoms with Crippen molar-refractivity contribution in [1.29, 1.82) is 0 Å². The number of carbonyl (C=O) groups excluding carboxylic acids is 1. The van der Waals surface area contributed by atoms with E-state index in [2.05, 4.69) is 28.9 Å². The Kier molecular flexibility index (Phi) is 3.49. The number of amides is 1. The molecule has 2 N–H and O–H groups in total. The van der Waals surface area contributed by atoms with E-state index in [0.717, 1.165) is 17.8 Å². The number of nitrogens with zero attached hydrogens (tertiary/aromatic N) is 5. The minimum absolute atomic E-state index is 0.000462. The van der Waals surface area contributed by atoms with Crippen LogP contribution < -0.4 is 5.73 Å². The van der Waals surface area contributed by atoms with Crippen LogP contribution in [-0.2, 0) is 0 Å². The molecular weight excluding hydrogens is 324 g/mol. The van der Waals surface area contributed by atoms with E-state index >= 15 is 0 Å². The summed E-state index contributed by atoms with van der Waals surface area (Å²) in [5.41, 5.74) is 7.21. The molecule has 1 fully saturated rings. The first kappa shape index (κ1) is 15.1. The predicted molar refractivity (Wildman–Crippen MR) is 92.8 cm³/mol. The van der Waals surface area contributed by atoms with E-state index in [-0.39, 0.29) is 18.0 Å². The number of anilines is 1. The monoisotopic (exact) mass is 342 g/mol. The van der Waals surface area contributed by atoms with Gasteiger partial charge in [0.2, 0.25) is 5.82 Å². The fraction of sp³-hybridized carbons (Fsp3) is 0.375. The van der Waals surface area contributed by atoms with Crippen LogP contribution in [0.15, 0.2) is 23.7 Å². The third-order valence-corrected chi connectivity index (χ3v) is 5.29. The molecule has 0 saturated carbocycles. The molecule has 4 rings (SSSR count). The summed E-state index contributed by atoms with van der Waals surface area (Å²) in [7, 11) is 0. The molecule has 0 unspecified atom stereocenters. The zero-order chi connectivity index (χ0) is 16.8. The topological polar surface area (TPSA) is 89.4 Å². The zero-order valence-corrected chi connectivity index (χ0v) is 14.3. The number of thiazole rings is 1. The van der Waals surface area contributed by atoms with Crippen molar-refractivity contribution in [2.45, 2.75) is 38.8 Å². The third-order valence-electron chi connectivity index (χ3n) is 4.52. The standard InChI is InChI=1S/C16H18N6OS/c1-9-3-4-10(2)21(9)16(23)11-7-12(17)22-13(8-11)19-14(20-22)15-18-5-6-24-15/h5-10H,3-4,17H2,1-2H3/t9-,10-/m1/s1. The number of fused-ring (bicyclic) bond motifs is 1. The first-order chi connectivity index (χ1) is 11.5. The Balaban J connectivity index is 1.76. The SMILES string of the molecule is C[C@@H]1CC[C@@H](C)N1C(=O)c1cc(N)n2nc(-c3nccs3)nc2c1. The van der Waals surface area contributed by atoms with Crippen LogP contribution in [0.1, 0.15) is 37.0 Å². The van der Waals surface area contributed by atoms with Crippen molar-refractivity contribution in [3.05, 3.63) is 29.3 Å². The van der Waals surface area contributed by atoms with E-state index in [0.29, 0.717) is 22.9 Å². The van der Waals surface area contributed by atoms with Crippen LogP contribution in [0, 0.1) is 0 Å². The smallest absolute Gasteiger partial charge is 0.254 e. The summed E-state index contributed by atoms with van der Waals surface area (Å²) in [5.74, 6) is 0.912. The molecule has 124 valence electrons. The summed E-state index contributed by atoms with van der Waals surface area (Å²) < 4.78 is 1.55. The molecule has 0 bridgehead atoms. The van der Waals surface area contributed by atoms with Crippen molar-refractivity contribution in [1.82, 2.24) is 24.5 Å². The molecule has 1 saturated heterocycles. The third kappa shape index (κ3) is 2.34. The molecule has 7 nitrogen and oxygen atoms in total. The van der Waals surface area contributed by atoms with Crippen molar-refractivity contribution in [3.8, 4) is 10.8 Å². The van der Waals surface area contributed by atoms with Crippen LogP contribution in [0.3, 0.4) is 0 Å². The Hall–Kier alpha value is -2.48. The van der Waals surface area contributed by atoms with Crippen LogP contribution in [0.4, 0.5) is 5.82 Å². The Morgan fingerprint density at radius 1 is 1.29 bits per heavy atom. The zero-order valence-electron chi connectivity index (χ0n) is 13.5. The van der Waals surface area contributed by atoms with Crippen LogP contribution in [0.5, 0.6) is 0 Å². The fourth-order valence-corrected chi connectivity index (χ4v) is 3.87. The molecule has 8 heteroatoms. The summed E-state index contributed by atoms with van der Waals surface area (Å²) in [4.78, 5) is 23.5. The lowest BCUT2D eigenvalue weighted by Gasteiger charge is -2.26. The maximum atomic E-state index is 12.9. The van der Waals surface area contributed by atoms with Gasteiger partial charge in [0, 0.05) is 29.2 Å². The highest BCUT2D eigenvalue weighted by Crippen LogP contribution is 2.27. The summed E-state index contributed by atoms with van der Waals surface area (Å²) in [6, 6.07) is 3.91. The average molecular weight is 342 g/mol. The number of rotatable bonds is 2. The van der Waals surface area contributed by atoms with Gasteiger partial charge in [0.25, 0.3) is 5.91 Å². The van der Waals surface area contributed by atoms with Gasteiger partial charge in [0.05, 0.1) is 0 Å². The Labute approximate surface area is 143 Å². The molecule has 0 spiro atoms. The highest BCUT2D eigenvalue weighted by Gasteiger charge is 2.32. The van der Waals surface area contributed by atoms with Gasteiger partial charge in [-0.05, 0) is 38.8 Å². The number of likely N-dealkylation sites (tertiary alicyclic amines) is 1. The number of aromatic nitrogens is 4. The van der Waals surface area contributed by atoms with Gasteiger partial charge in [0.15, 0.2) is 10.7 Å². The molecule has 2 atom stereocenters. The average Bonchev–Trinajstić information content (AvgIpc) is 3.26. The Morgan fingerprint density at radius 2 is 2.04 bits per heavy atom. The maximum Gasteiger partial charge on any atom is 0.254 e. The number of pyridine rings is 1. The number of hydrogen-bond donors (Lipinski definition) is 1. The first-order valence-electron chi connectivity index (χ1n) is 7.93. The van der Waals surface area contributed by atoms with Crippen LogP contribution in [-0.4, -0.2) is 42.5 Å². The summed E-state index contributed by atoms with van der Waals surface area (Å²) in [6.07, 6.45) is 3.77. The number of nitrogen functional groups attached to an aromatic ring is 1. The van der Waals surface area contributed by atoms with Gasteiger partial charge in [0.1, 0.15) is 5.82 Å². The number of nitrogens with two attached hydrogens (primary N) is 1. The minimum Gasteiger partial charge on any atom is -0.384 e. The van der Waals surface area contributed by atoms with E-state index in [1.807, 2.05) is 10.3 Å². The molecular formula is C16H18N6OS. The second-order valence-electron chi connectivity index (χ2n) is 6.20. The van der Waals surface area contributed by atoms with Crippen molar-refractivity contribution in [2.75, 3.05) is 5.73 Å². The van der Waals surface area contributed by atoms with Gasteiger partial charge < -0.3 is 10.6 Å². The van der Waals surface area contributed by atoms with Crippen LogP contribution >= 0.6 is 11.3 Å². The van der Waals surface area contributed by atoms with E-state index in [1.54, 1.807) is 22.8 Å². The van der Waals surface area contributed by atoms with Crippen LogP contribution in [0.25, 0.3) is 16.5 Å². The quantitative estimate of drug-likeness (QED) is 0.772. The second kappa shape index (κ2) is 5.55. The van der Waals surface area contributed by atoms with E-state index in [9.17, 15) is 4.79 Å². The normalized spacial score (nSPS) is 20.8. The Bertz CT molecular complexity index is 893. The summed E-state index contributed by atoms with van der Waals surface area (Å²) in [5, 5.41) is 6.99. The van der Waals surface area contributed by atoms with Gasteiger partial charge in [-0.15, -0.1) is 16.4 Å². The molecule has 1 amide bonds. The van der Waals surface area contributed by atoms with Crippen molar-refractivity contribution in [2.24, 2.45) is 0 Å². The second-order valence-corrected chi connectivity index (χ2v) is 7.09. The molecule has 24 heavy (non-hydrogen) atoms. The largest absolute Gasteiger partial charge is 0.384 e. The molecule has 3 aromatic rings. The highest BCUT2D eigenvalue weighted by atomic mass is 32.1. The Morgan fingerprint density at radius 3 is 2.71 bits per heavy atom. The molecule has 0 radical (unpaired) electrons. The van der Waals surface area contributed by atoms with E-state index in [1.165, 1.54) is 11.3 Å². The highest BCUT2D eigenvalue weighted by molar-refractivity contribution is 7.13. The van der Waals surface area contributed by atoms with E-state index < -0.39 is 0 Å². The van der Waals surface area contributed by atoms with Gasteiger partial charge in [-0.3, -0.25) is 4.79 Å². The molecule has 1 aliphatic rings. The van der Waals surface area contributed by atoms with Crippen molar-refractivity contribution in [3.63, 3.8) is 0 Å². The molecule has 0 aliphatic carbocycles. The lowest BCUT2D eigenvalue weighted by molar-refractivity contribution is 0.0693. The predicted octanol–water partition coefficient (Wildman–Crippen LogP) is 2.45. The maximum absolute atomic E-state index is 12.9. The summed E-state index contributed by atoms with van der Waals surface area (Å²) >= 11 is 1.46. The van der Waals surface area contributed by atoms with Gasteiger partial charge in [-0.2, -0.15) is 4.52 Å². The molecule has 3 aromatic heterocycles. The lowest BCUT2D eigenvalue weighted by atomic mass is 10.2. The molecule has 0 aromatic carbocycles. The van der Waals surface area contributed by atoms with Gasteiger partial charge >= 0.3 is 0 Å². The van der Waals surface area contributed by atoms with Crippen molar-refractivity contribution >= 4 is 28.7 Å². The number of carbonyl (C=O) groups is 1. The van der Waals surface area contributed by atoms with E-state index in [4.69, 9.17) is 5.73 Å². The lowest BCUT2D eigenvalue weighted by Crippen LogP contribution is -2.38. The molecule has 1 aliphatic heterocycles. The minimum atomic E-state index is 0.000462. The fourth-order valence-electron chi connectivity index (χ4n) is 3.30. The number of hydrogen-bond acceptors (Lipinski definition) is 6. The first-order valence-corrected chi connectivity index (χ1v) is 8.81.